The molecule has 18 heavy (non-hydrogen) atoms. The van der Waals surface area contributed by atoms with Crippen molar-refractivity contribution in [3.05, 3.63) is 35.9 Å². The summed E-state index contributed by atoms with van der Waals surface area (Å²) in [6.07, 6.45) is 5.68. The van der Waals surface area contributed by atoms with E-state index < -0.39 is 0 Å². The van der Waals surface area contributed by atoms with Gasteiger partial charge in [0.1, 0.15) is 0 Å². The van der Waals surface area contributed by atoms with Crippen LogP contribution in [0.4, 0.5) is 0 Å². The van der Waals surface area contributed by atoms with Gasteiger partial charge in [-0.25, -0.2) is 0 Å². The molecule has 1 aliphatic carbocycles. The number of rotatable bonds is 4. The van der Waals surface area contributed by atoms with Crippen LogP contribution in [-0.4, -0.2) is 22.8 Å². The molecule has 1 heterocycles. The van der Waals surface area contributed by atoms with Crippen molar-refractivity contribution < 1.29 is 0 Å². The molecule has 1 aromatic rings. The lowest BCUT2D eigenvalue weighted by Crippen LogP contribution is -2.40. The highest BCUT2D eigenvalue weighted by atomic mass is 79.9. The average Bonchev–Trinajstić information content (AvgIpc) is 3.20. The first-order chi connectivity index (χ1) is 8.88. The van der Waals surface area contributed by atoms with Crippen LogP contribution in [0.5, 0.6) is 0 Å². The van der Waals surface area contributed by atoms with E-state index in [2.05, 4.69) is 51.2 Å². The molecule has 0 amide bonds. The van der Waals surface area contributed by atoms with Gasteiger partial charge in [-0.3, -0.25) is 4.90 Å². The number of nitrogens with zero attached hydrogens (tertiary/aromatic N) is 1. The Morgan fingerprint density at radius 2 is 2.00 bits per heavy atom. The van der Waals surface area contributed by atoms with E-state index >= 15 is 0 Å². The molecule has 0 N–H and O–H groups in total. The first-order valence-corrected chi connectivity index (χ1v) is 8.34. The Balaban J connectivity index is 1.65. The van der Waals surface area contributed by atoms with Crippen molar-refractivity contribution in [2.75, 3.05) is 11.9 Å². The minimum atomic E-state index is 0.849. The van der Waals surface area contributed by atoms with Crippen LogP contribution in [0.2, 0.25) is 0 Å². The number of piperidine rings is 1. The smallest absolute Gasteiger partial charge is 0.0236 e. The Hall–Kier alpha value is -0.340. The summed E-state index contributed by atoms with van der Waals surface area (Å²) in [6.45, 7) is 2.45. The summed E-state index contributed by atoms with van der Waals surface area (Å²) < 4.78 is 0. The SMILES string of the molecule is BrCC1CC1C1CCCCN1Cc1ccccc1. The second-order valence-corrected chi connectivity index (χ2v) is 6.48. The van der Waals surface area contributed by atoms with Crippen LogP contribution in [-0.2, 0) is 6.54 Å². The molecular weight excluding hydrogens is 286 g/mol. The van der Waals surface area contributed by atoms with Gasteiger partial charge < -0.3 is 0 Å². The largest absolute Gasteiger partial charge is 0.296 e. The Morgan fingerprint density at radius 3 is 2.72 bits per heavy atom. The van der Waals surface area contributed by atoms with Crippen molar-refractivity contribution in [2.45, 2.75) is 38.3 Å². The van der Waals surface area contributed by atoms with Crippen LogP contribution in [0, 0.1) is 11.8 Å². The molecule has 1 aromatic carbocycles. The van der Waals surface area contributed by atoms with Gasteiger partial charge in [0.2, 0.25) is 0 Å². The number of hydrogen-bond donors (Lipinski definition) is 0. The van der Waals surface area contributed by atoms with Gasteiger partial charge in [-0.05, 0) is 43.2 Å². The van der Waals surface area contributed by atoms with Gasteiger partial charge in [0.15, 0.2) is 0 Å². The van der Waals surface area contributed by atoms with Crippen LogP contribution < -0.4 is 0 Å². The second kappa shape index (κ2) is 5.75. The summed E-state index contributed by atoms with van der Waals surface area (Å²) in [4.78, 5) is 2.74. The van der Waals surface area contributed by atoms with Gasteiger partial charge in [-0.2, -0.15) is 0 Å². The van der Waals surface area contributed by atoms with Crippen molar-refractivity contribution in [3.8, 4) is 0 Å². The van der Waals surface area contributed by atoms with Crippen LogP contribution in [0.25, 0.3) is 0 Å². The molecular formula is C16H22BrN. The Kier molecular flexibility index (Phi) is 4.05. The van der Waals surface area contributed by atoms with E-state index in [1.807, 2.05) is 0 Å². The molecule has 2 aliphatic rings. The van der Waals surface area contributed by atoms with Gasteiger partial charge in [0, 0.05) is 17.9 Å². The van der Waals surface area contributed by atoms with Gasteiger partial charge in [-0.1, -0.05) is 52.7 Å². The Morgan fingerprint density at radius 1 is 1.17 bits per heavy atom. The van der Waals surface area contributed by atoms with Crippen molar-refractivity contribution in [1.29, 1.82) is 0 Å². The third kappa shape index (κ3) is 2.80. The zero-order valence-electron chi connectivity index (χ0n) is 10.9. The summed E-state index contributed by atoms with van der Waals surface area (Å²) in [7, 11) is 0. The number of alkyl halides is 1. The van der Waals surface area contributed by atoms with E-state index in [1.54, 1.807) is 0 Å². The zero-order chi connectivity index (χ0) is 12.4. The molecule has 2 heteroatoms. The molecule has 0 aromatic heterocycles. The van der Waals surface area contributed by atoms with Gasteiger partial charge >= 0.3 is 0 Å². The summed E-state index contributed by atoms with van der Waals surface area (Å²) in [5.74, 6) is 1.92. The van der Waals surface area contributed by atoms with Crippen LogP contribution >= 0.6 is 15.9 Å². The van der Waals surface area contributed by atoms with E-state index in [9.17, 15) is 0 Å². The standard InChI is InChI=1S/C16H22BrN/c17-11-14-10-15(14)16-8-4-5-9-18(16)12-13-6-2-1-3-7-13/h1-3,6-7,14-16H,4-5,8-12H2. The van der Waals surface area contributed by atoms with Crippen molar-refractivity contribution in [3.63, 3.8) is 0 Å². The lowest BCUT2D eigenvalue weighted by Gasteiger charge is -2.36. The highest BCUT2D eigenvalue weighted by Gasteiger charge is 2.44. The molecule has 0 bridgehead atoms. The molecule has 1 saturated heterocycles. The topological polar surface area (TPSA) is 3.24 Å². The second-order valence-electron chi connectivity index (χ2n) is 5.83. The number of benzene rings is 1. The third-order valence-corrected chi connectivity index (χ3v) is 5.39. The molecule has 0 spiro atoms. The van der Waals surface area contributed by atoms with Crippen LogP contribution in [0.1, 0.15) is 31.2 Å². The van der Waals surface area contributed by atoms with Crippen LogP contribution in [0.3, 0.4) is 0 Å². The minimum Gasteiger partial charge on any atom is -0.296 e. The number of likely N-dealkylation sites (tertiary alicyclic amines) is 1. The fraction of sp³-hybridized carbons (Fsp3) is 0.625. The molecule has 3 unspecified atom stereocenters. The van der Waals surface area contributed by atoms with E-state index in [1.165, 1.54) is 43.1 Å². The predicted molar refractivity (Wildman–Crippen MR) is 79.9 cm³/mol. The first-order valence-electron chi connectivity index (χ1n) is 7.22. The predicted octanol–water partition coefficient (Wildman–Crippen LogP) is 4.07. The molecule has 1 saturated carbocycles. The lowest BCUT2D eigenvalue weighted by atomic mass is 9.96. The quantitative estimate of drug-likeness (QED) is 0.758. The molecule has 1 nitrogen and oxygen atoms in total. The molecule has 3 atom stereocenters. The summed E-state index contributed by atoms with van der Waals surface area (Å²) in [5.41, 5.74) is 1.47. The zero-order valence-corrected chi connectivity index (χ0v) is 12.5. The number of hydrogen-bond acceptors (Lipinski definition) is 1. The van der Waals surface area contributed by atoms with E-state index in [0.29, 0.717) is 0 Å². The summed E-state index contributed by atoms with van der Waals surface area (Å²) in [5, 5.41) is 1.20. The van der Waals surface area contributed by atoms with Gasteiger partial charge in [0.25, 0.3) is 0 Å². The van der Waals surface area contributed by atoms with Crippen molar-refractivity contribution >= 4 is 15.9 Å². The fourth-order valence-electron chi connectivity index (χ4n) is 3.44. The monoisotopic (exact) mass is 307 g/mol. The van der Waals surface area contributed by atoms with E-state index in [0.717, 1.165) is 24.4 Å². The first kappa shape index (κ1) is 12.7. The van der Waals surface area contributed by atoms with Gasteiger partial charge in [-0.15, -0.1) is 0 Å². The van der Waals surface area contributed by atoms with Crippen molar-refractivity contribution in [2.24, 2.45) is 11.8 Å². The molecule has 2 fully saturated rings. The van der Waals surface area contributed by atoms with Gasteiger partial charge in [0.05, 0.1) is 0 Å². The van der Waals surface area contributed by atoms with Crippen molar-refractivity contribution in [1.82, 2.24) is 4.90 Å². The highest BCUT2D eigenvalue weighted by molar-refractivity contribution is 9.09. The normalized spacial score (nSPS) is 32.4. The fourth-order valence-corrected chi connectivity index (χ4v) is 4.18. The average molecular weight is 308 g/mol. The highest BCUT2D eigenvalue weighted by Crippen LogP contribution is 2.46. The van der Waals surface area contributed by atoms with E-state index in [-0.39, 0.29) is 0 Å². The minimum absolute atomic E-state index is 0.849. The third-order valence-electron chi connectivity index (χ3n) is 4.56. The Labute approximate surface area is 119 Å². The number of halogens is 1. The Bertz CT molecular complexity index is 378. The molecule has 0 radical (unpaired) electrons. The summed E-state index contributed by atoms with van der Waals surface area (Å²) >= 11 is 3.65. The maximum Gasteiger partial charge on any atom is 0.0236 e. The summed E-state index contributed by atoms with van der Waals surface area (Å²) in [6, 6.07) is 11.8. The maximum absolute atomic E-state index is 3.65. The molecule has 1 aliphatic heterocycles. The maximum atomic E-state index is 3.65. The molecule has 3 rings (SSSR count). The van der Waals surface area contributed by atoms with E-state index in [4.69, 9.17) is 0 Å². The lowest BCUT2D eigenvalue weighted by molar-refractivity contribution is 0.119. The van der Waals surface area contributed by atoms with Crippen LogP contribution in [0.15, 0.2) is 30.3 Å². The molecule has 98 valence electrons.